The highest BCUT2D eigenvalue weighted by molar-refractivity contribution is 5.63. The molecule has 0 saturated carbocycles. The zero-order valence-electron chi connectivity index (χ0n) is 12.9. The molecule has 1 aromatic rings. The molecule has 0 fully saturated rings. The van der Waals surface area contributed by atoms with Crippen LogP contribution in [0.15, 0.2) is 6.33 Å². The lowest BCUT2D eigenvalue weighted by Crippen LogP contribution is -2.33. The van der Waals surface area contributed by atoms with Crippen LogP contribution in [-0.4, -0.2) is 40.9 Å². The van der Waals surface area contributed by atoms with E-state index in [2.05, 4.69) is 27.5 Å². The summed E-state index contributed by atoms with van der Waals surface area (Å²) in [6, 6.07) is 0. The standard InChI is InChI=1S/C14H26N4O2/c1-5-7-14(3,19)9-16-13-11(20-4)12(15-8-6-2)17-10-18-13/h10,19H,5-9H2,1-4H3,(H2,15,16,17,18). The monoisotopic (exact) mass is 282 g/mol. The second kappa shape index (κ2) is 7.89. The van der Waals surface area contributed by atoms with Crippen molar-refractivity contribution in [1.29, 1.82) is 0 Å². The molecule has 0 aromatic carbocycles. The van der Waals surface area contributed by atoms with E-state index in [1.165, 1.54) is 6.33 Å². The molecule has 3 N–H and O–H groups in total. The van der Waals surface area contributed by atoms with Gasteiger partial charge >= 0.3 is 0 Å². The molecule has 0 aliphatic carbocycles. The van der Waals surface area contributed by atoms with Crippen molar-refractivity contribution in [2.45, 2.75) is 45.6 Å². The summed E-state index contributed by atoms with van der Waals surface area (Å²) in [6.45, 7) is 7.18. The second-order valence-electron chi connectivity index (χ2n) is 5.13. The third-order valence-corrected chi connectivity index (χ3v) is 2.98. The molecule has 20 heavy (non-hydrogen) atoms. The number of aromatic nitrogens is 2. The quantitative estimate of drug-likeness (QED) is 0.645. The third-order valence-electron chi connectivity index (χ3n) is 2.98. The molecule has 114 valence electrons. The first-order valence-electron chi connectivity index (χ1n) is 7.13. The molecule has 0 aliphatic heterocycles. The maximum Gasteiger partial charge on any atom is 0.204 e. The van der Waals surface area contributed by atoms with E-state index < -0.39 is 5.60 Å². The van der Waals surface area contributed by atoms with Crippen molar-refractivity contribution >= 4 is 11.6 Å². The smallest absolute Gasteiger partial charge is 0.204 e. The Balaban J connectivity index is 2.79. The summed E-state index contributed by atoms with van der Waals surface area (Å²) in [7, 11) is 1.59. The average Bonchev–Trinajstić information content (AvgIpc) is 2.42. The lowest BCUT2D eigenvalue weighted by Gasteiger charge is -2.24. The number of hydrogen-bond acceptors (Lipinski definition) is 6. The number of nitrogens with zero attached hydrogens (tertiary/aromatic N) is 2. The van der Waals surface area contributed by atoms with Crippen LogP contribution in [0.3, 0.4) is 0 Å². The van der Waals surface area contributed by atoms with E-state index in [1.54, 1.807) is 7.11 Å². The SMILES string of the molecule is CCCNc1ncnc(NCC(C)(O)CCC)c1OC. The Kier molecular flexibility index (Phi) is 6.51. The minimum absolute atomic E-state index is 0.418. The predicted molar refractivity (Wildman–Crippen MR) is 81.4 cm³/mol. The van der Waals surface area contributed by atoms with Crippen molar-refractivity contribution in [1.82, 2.24) is 9.97 Å². The third kappa shape index (κ3) is 4.85. The fraction of sp³-hybridized carbons (Fsp3) is 0.714. The Labute approximate surface area is 121 Å². The Morgan fingerprint density at radius 1 is 1.20 bits per heavy atom. The van der Waals surface area contributed by atoms with Crippen LogP contribution in [-0.2, 0) is 0 Å². The van der Waals surface area contributed by atoms with Crippen molar-refractivity contribution in [2.24, 2.45) is 0 Å². The number of ether oxygens (including phenoxy) is 1. The Morgan fingerprint density at radius 3 is 2.40 bits per heavy atom. The summed E-state index contributed by atoms with van der Waals surface area (Å²) in [5.74, 6) is 1.84. The maximum atomic E-state index is 10.2. The lowest BCUT2D eigenvalue weighted by atomic mass is 10.0. The van der Waals surface area contributed by atoms with Gasteiger partial charge in [-0.25, -0.2) is 9.97 Å². The summed E-state index contributed by atoms with van der Waals surface area (Å²) in [5, 5.41) is 16.5. The number of anilines is 2. The first-order valence-corrected chi connectivity index (χ1v) is 7.13. The first kappa shape index (κ1) is 16.5. The fourth-order valence-corrected chi connectivity index (χ4v) is 1.96. The Bertz CT molecular complexity index is 410. The van der Waals surface area contributed by atoms with Gasteiger partial charge in [0, 0.05) is 13.1 Å². The van der Waals surface area contributed by atoms with Gasteiger partial charge in [-0.1, -0.05) is 20.3 Å². The van der Waals surface area contributed by atoms with Crippen LogP contribution < -0.4 is 15.4 Å². The van der Waals surface area contributed by atoms with E-state index in [0.717, 1.165) is 25.8 Å². The number of rotatable bonds is 9. The Morgan fingerprint density at radius 2 is 1.85 bits per heavy atom. The van der Waals surface area contributed by atoms with E-state index in [4.69, 9.17) is 4.74 Å². The molecule has 1 heterocycles. The Hall–Kier alpha value is -1.56. The van der Waals surface area contributed by atoms with Gasteiger partial charge in [0.25, 0.3) is 0 Å². The van der Waals surface area contributed by atoms with Crippen LogP contribution in [0.1, 0.15) is 40.0 Å². The van der Waals surface area contributed by atoms with Gasteiger partial charge in [0.2, 0.25) is 5.75 Å². The predicted octanol–water partition coefficient (Wildman–Crippen LogP) is 2.27. The molecule has 1 rings (SSSR count). The summed E-state index contributed by atoms with van der Waals surface area (Å²) >= 11 is 0. The molecular formula is C14H26N4O2. The van der Waals surface area contributed by atoms with Crippen LogP contribution in [0.5, 0.6) is 5.75 Å². The van der Waals surface area contributed by atoms with Crippen molar-refractivity contribution in [3.63, 3.8) is 0 Å². The summed E-state index contributed by atoms with van der Waals surface area (Å²) < 4.78 is 5.37. The molecular weight excluding hydrogens is 256 g/mol. The molecule has 0 bridgehead atoms. The van der Waals surface area contributed by atoms with Crippen LogP contribution in [0, 0.1) is 0 Å². The van der Waals surface area contributed by atoms with Crippen LogP contribution in [0.4, 0.5) is 11.6 Å². The number of aliphatic hydroxyl groups is 1. The molecule has 1 aromatic heterocycles. The number of methoxy groups -OCH3 is 1. The van der Waals surface area contributed by atoms with Gasteiger partial charge in [0.05, 0.1) is 12.7 Å². The summed E-state index contributed by atoms with van der Waals surface area (Å²) in [5.41, 5.74) is -0.762. The van der Waals surface area contributed by atoms with Gasteiger partial charge in [-0.3, -0.25) is 0 Å². The molecule has 0 radical (unpaired) electrons. The van der Waals surface area contributed by atoms with Gasteiger partial charge in [-0.2, -0.15) is 0 Å². The van der Waals surface area contributed by atoms with E-state index in [-0.39, 0.29) is 0 Å². The lowest BCUT2D eigenvalue weighted by molar-refractivity contribution is 0.0635. The van der Waals surface area contributed by atoms with Gasteiger partial charge in [-0.15, -0.1) is 0 Å². The molecule has 0 amide bonds. The molecule has 0 saturated heterocycles. The first-order chi connectivity index (χ1) is 9.54. The molecule has 0 spiro atoms. The molecule has 1 unspecified atom stereocenters. The zero-order chi connectivity index (χ0) is 15.0. The summed E-state index contributed by atoms with van der Waals surface area (Å²) in [4.78, 5) is 8.36. The molecule has 1 atom stereocenters. The van der Waals surface area contributed by atoms with E-state index in [1.807, 2.05) is 13.8 Å². The number of hydrogen-bond donors (Lipinski definition) is 3. The fourth-order valence-electron chi connectivity index (χ4n) is 1.96. The maximum absolute atomic E-state index is 10.2. The van der Waals surface area contributed by atoms with Crippen LogP contribution >= 0.6 is 0 Å². The van der Waals surface area contributed by atoms with E-state index >= 15 is 0 Å². The zero-order valence-corrected chi connectivity index (χ0v) is 12.9. The average molecular weight is 282 g/mol. The van der Waals surface area contributed by atoms with Gasteiger partial charge in [0.15, 0.2) is 11.6 Å². The van der Waals surface area contributed by atoms with Gasteiger partial charge < -0.3 is 20.5 Å². The topological polar surface area (TPSA) is 79.3 Å². The minimum atomic E-state index is -0.762. The largest absolute Gasteiger partial charge is 0.490 e. The van der Waals surface area contributed by atoms with Gasteiger partial charge in [0.1, 0.15) is 6.33 Å². The van der Waals surface area contributed by atoms with E-state index in [0.29, 0.717) is 23.9 Å². The van der Waals surface area contributed by atoms with Crippen molar-refractivity contribution in [3.05, 3.63) is 6.33 Å². The van der Waals surface area contributed by atoms with Crippen LogP contribution in [0.2, 0.25) is 0 Å². The molecule has 0 aliphatic rings. The highest BCUT2D eigenvalue weighted by Crippen LogP contribution is 2.29. The summed E-state index contributed by atoms with van der Waals surface area (Å²) in [6.07, 6.45) is 4.14. The van der Waals surface area contributed by atoms with Crippen molar-refractivity contribution in [2.75, 3.05) is 30.8 Å². The molecule has 6 nitrogen and oxygen atoms in total. The van der Waals surface area contributed by atoms with Crippen molar-refractivity contribution in [3.8, 4) is 5.75 Å². The van der Waals surface area contributed by atoms with Gasteiger partial charge in [-0.05, 0) is 19.8 Å². The molecule has 6 heteroatoms. The number of nitrogens with one attached hydrogen (secondary N) is 2. The van der Waals surface area contributed by atoms with E-state index in [9.17, 15) is 5.11 Å². The highest BCUT2D eigenvalue weighted by Gasteiger charge is 2.20. The minimum Gasteiger partial charge on any atom is -0.490 e. The highest BCUT2D eigenvalue weighted by atomic mass is 16.5. The normalized spacial score (nSPS) is 13.7. The van der Waals surface area contributed by atoms with Crippen LogP contribution in [0.25, 0.3) is 0 Å². The van der Waals surface area contributed by atoms with Crippen molar-refractivity contribution < 1.29 is 9.84 Å². The second-order valence-corrected chi connectivity index (χ2v) is 5.13.